The van der Waals surface area contributed by atoms with Crippen molar-refractivity contribution in [2.24, 2.45) is 5.41 Å². The fourth-order valence-electron chi connectivity index (χ4n) is 3.28. The van der Waals surface area contributed by atoms with Gasteiger partial charge in [-0.3, -0.25) is 0 Å². The Morgan fingerprint density at radius 3 is 2.76 bits per heavy atom. The lowest BCUT2D eigenvalue weighted by atomic mass is 9.72. The van der Waals surface area contributed by atoms with Gasteiger partial charge in [-0.25, -0.2) is 4.98 Å². The lowest BCUT2D eigenvalue weighted by Gasteiger charge is -2.37. The summed E-state index contributed by atoms with van der Waals surface area (Å²) in [6.45, 7) is 2.80. The van der Waals surface area contributed by atoms with Crippen molar-refractivity contribution in [1.82, 2.24) is 10.3 Å². The lowest BCUT2D eigenvalue weighted by Crippen LogP contribution is -2.37. The molecule has 1 fully saturated rings. The number of hydrogen-bond donors (Lipinski definition) is 1. The van der Waals surface area contributed by atoms with Crippen LogP contribution in [-0.4, -0.2) is 32.4 Å². The molecule has 0 unspecified atom stereocenters. The summed E-state index contributed by atoms with van der Waals surface area (Å²) >= 11 is 0. The summed E-state index contributed by atoms with van der Waals surface area (Å²) in [6.07, 6.45) is 9.71. The number of nitrogens with zero attached hydrogens (tertiary/aromatic N) is 1. The van der Waals surface area contributed by atoms with Crippen molar-refractivity contribution < 1.29 is 9.47 Å². The van der Waals surface area contributed by atoms with Gasteiger partial charge < -0.3 is 14.8 Å². The lowest BCUT2D eigenvalue weighted by molar-refractivity contribution is 0.101. The Hall–Kier alpha value is -1.13. The van der Waals surface area contributed by atoms with Gasteiger partial charge in [-0.2, -0.15) is 0 Å². The topological polar surface area (TPSA) is 43.4 Å². The van der Waals surface area contributed by atoms with Crippen molar-refractivity contribution in [3.8, 4) is 5.88 Å². The summed E-state index contributed by atoms with van der Waals surface area (Å²) in [5, 5.41) is 3.63. The molecular weight excluding hydrogens is 264 g/mol. The summed E-state index contributed by atoms with van der Waals surface area (Å²) in [4.78, 5) is 4.14. The molecule has 1 aliphatic carbocycles. The van der Waals surface area contributed by atoms with E-state index in [9.17, 15) is 0 Å². The summed E-state index contributed by atoms with van der Waals surface area (Å²) in [7, 11) is 3.45. The Labute approximate surface area is 128 Å². The zero-order chi connectivity index (χ0) is 15.0. The number of hydrogen-bond acceptors (Lipinski definition) is 4. The second-order valence-electron chi connectivity index (χ2n) is 6.11. The molecule has 2 rings (SSSR count). The standard InChI is InChI=1S/C17H28N2O2/c1-20-11-9-17(7-4-3-5-8-17)14-18-13-15-6-10-19-16(12-15)21-2/h6,10,12,18H,3-5,7-9,11,13-14H2,1-2H3. The monoisotopic (exact) mass is 292 g/mol. The Bertz CT molecular complexity index is 417. The van der Waals surface area contributed by atoms with Gasteiger partial charge in [0.15, 0.2) is 0 Å². The third kappa shape index (κ3) is 4.97. The van der Waals surface area contributed by atoms with Gasteiger partial charge in [-0.1, -0.05) is 19.3 Å². The van der Waals surface area contributed by atoms with E-state index in [0.717, 1.165) is 26.1 Å². The molecule has 0 aromatic carbocycles. The quantitative estimate of drug-likeness (QED) is 0.799. The van der Waals surface area contributed by atoms with E-state index >= 15 is 0 Å². The first-order valence-corrected chi connectivity index (χ1v) is 7.97. The molecular formula is C17H28N2O2. The van der Waals surface area contributed by atoms with Crippen LogP contribution in [0.4, 0.5) is 0 Å². The molecule has 0 amide bonds. The predicted octanol–water partition coefficient (Wildman–Crippen LogP) is 3.17. The van der Waals surface area contributed by atoms with Crippen LogP contribution in [0.25, 0.3) is 0 Å². The second kappa shape index (κ2) is 8.35. The van der Waals surface area contributed by atoms with Crippen LogP contribution in [0.1, 0.15) is 44.1 Å². The molecule has 0 saturated heterocycles. The van der Waals surface area contributed by atoms with E-state index in [1.54, 1.807) is 20.4 Å². The summed E-state index contributed by atoms with van der Waals surface area (Å²) in [5.41, 5.74) is 1.64. The zero-order valence-corrected chi connectivity index (χ0v) is 13.4. The van der Waals surface area contributed by atoms with Crippen LogP contribution in [0.5, 0.6) is 5.88 Å². The third-order valence-corrected chi connectivity index (χ3v) is 4.59. The normalized spacial score (nSPS) is 17.6. The molecule has 0 spiro atoms. The molecule has 1 aromatic heterocycles. The van der Waals surface area contributed by atoms with E-state index in [1.165, 1.54) is 37.7 Å². The van der Waals surface area contributed by atoms with E-state index in [0.29, 0.717) is 11.3 Å². The van der Waals surface area contributed by atoms with E-state index in [4.69, 9.17) is 9.47 Å². The van der Waals surface area contributed by atoms with Crippen LogP contribution in [0.3, 0.4) is 0 Å². The van der Waals surface area contributed by atoms with Crippen molar-refractivity contribution >= 4 is 0 Å². The molecule has 0 aliphatic heterocycles. The van der Waals surface area contributed by atoms with Crippen LogP contribution in [0.2, 0.25) is 0 Å². The second-order valence-corrected chi connectivity index (χ2v) is 6.11. The maximum atomic E-state index is 5.31. The van der Waals surface area contributed by atoms with Gasteiger partial charge in [0.2, 0.25) is 5.88 Å². The third-order valence-electron chi connectivity index (χ3n) is 4.59. The molecule has 4 heteroatoms. The number of ether oxygens (including phenoxy) is 2. The first kappa shape index (κ1) is 16.2. The first-order chi connectivity index (χ1) is 10.3. The van der Waals surface area contributed by atoms with Gasteiger partial charge >= 0.3 is 0 Å². The minimum absolute atomic E-state index is 0.422. The van der Waals surface area contributed by atoms with Gasteiger partial charge in [0, 0.05) is 39.1 Å². The number of rotatable bonds is 8. The smallest absolute Gasteiger partial charge is 0.213 e. The maximum Gasteiger partial charge on any atom is 0.213 e. The van der Waals surface area contributed by atoms with Crippen LogP contribution >= 0.6 is 0 Å². The van der Waals surface area contributed by atoms with Crippen molar-refractivity contribution in [3.05, 3.63) is 23.9 Å². The highest BCUT2D eigenvalue weighted by Crippen LogP contribution is 2.38. The molecule has 1 heterocycles. The predicted molar refractivity (Wildman–Crippen MR) is 84.5 cm³/mol. The molecule has 0 atom stereocenters. The molecule has 4 nitrogen and oxygen atoms in total. The Morgan fingerprint density at radius 2 is 2.05 bits per heavy atom. The van der Waals surface area contributed by atoms with Crippen LogP contribution in [-0.2, 0) is 11.3 Å². The van der Waals surface area contributed by atoms with Gasteiger partial charge in [0.25, 0.3) is 0 Å². The Morgan fingerprint density at radius 1 is 1.24 bits per heavy atom. The molecule has 21 heavy (non-hydrogen) atoms. The molecule has 1 N–H and O–H groups in total. The fraction of sp³-hybridized carbons (Fsp3) is 0.706. The van der Waals surface area contributed by atoms with Crippen LogP contribution < -0.4 is 10.1 Å². The maximum absolute atomic E-state index is 5.31. The van der Waals surface area contributed by atoms with Crippen molar-refractivity contribution in [2.45, 2.75) is 45.1 Å². The van der Waals surface area contributed by atoms with Gasteiger partial charge in [-0.15, -0.1) is 0 Å². The molecule has 1 saturated carbocycles. The average molecular weight is 292 g/mol. The highest BCUT2D eigenvalue weighted by atomic mass is 16.5. The highest BCUT2D eigenvalue weighted by Gasteiger charge is 2.31. The average Bonchev–Trinajstić information content (AvgIpc) is 2.54. The molecule has 1 aliphatic rings. The fourth-order valence-corrected chi connectivity index (χ4v) is 3.28. The highest BCUT2D eigenvalue weighted by molar-refractivity contribution is 5.20. The number of nitrogens with one attached hydrogen (secondary N) is 1. The van der Waals surface area contributed by atoms with Crippen LogP contribution in [0, 0.1) is 5.41 Å². The van der Waals surface area contributed by atoms with Gasteiger partial charge in [-0.05, 0) is 36.3 Å². The Kier molecular flexibility index (Phi) is 6.46. The largest absolute Gasteiger partial charge is 0.481 e. The van der Waals surface area contributed by atoms with Gasteiger partial charge in [0.05, 0.1) is 7.11 Å². The first-order valence-electron chi connectivity index (χ1n) is 7.97. The summed E-state index contributed by atoms with van der Waals surface area (Å²) in [5.74, 6) is 0.682. The number of pyridine rings is 1. The Balaban J connectivity index is 1.86. The zero-order valence-electron chi connectivity index (χ0n) is 13.4. The van der Waals surface area contributed by atoms with Crippen molar-refractivity contribution in [3.63, 3.8) is 0 Å². The van der Waals surface area contributed by atoms with Crippen molar-refractivity contribution in [1.29, 1.82) is 0 Å². The molecule has 0 bridgehead atoms. The van der Waals surface area contributed by atoms with Gasteiger partial charge in [0.1, 0.15) is 0 Å². The number of methoxy groups -OCH3 is 2. The molecule has 118 valence electrons. The van der Waals surface area contributed by atoms with Crippen molar-refractivity contribution in [2.75, 3.05) is 27.4 Å². The summed E-state index contributed by atoms with van der Waals surface area (Å²) < 4.78 is 10.5. The van der Waals surface area contributed by atoms with E-state index < -0.39 is 0 Å². The minimum atomic E-state index is 0.422. The van der Waals surface area contributed by atoms with Crippen LogP contribution in [0.15, 0.2) is 18.3 Å². The SMILES string of the molecule is COCCC1(CNCc2ccnc(OC)c2)CCCCC1. The van der Waals surface area contributed by atoms with E-state index in [2.05, 4.69) is 10.3 Å². The summed E-state index contributed by atoms with van der Waals surface area (Å²) in [6, 6.07) is 4.04. The minimum Gasteiger partial charge on any atom is -0.481 e. The molecule has 0 radical (unpaired) electrons. The van der Waals surface area contributed by atoms with E-state index in [-0.39, 0.29) is 0 Å². The number of aromatic nitrogens is 1. The van der Waals surface area contributed by atoms with E-state index in [1.807, 2.05) is 12.1 Å². The molecule has 1 aromatic rings.